The quantitative estimate of drug-likeness (QED) is 0.679. The van der Waals surface area contributed by atoms with Crippen LogP contribution in [-0.4, -0.2) is 0 Å². The summed E-state index contributed by atoms with van der Waals surface area (Å²) in [5.41, 5.74) is 7.00. The van der Waals surface area contributed by atoms with Crippen molar-refractivity contribution in [2.75, 3.05) is 0 Å². The number of rotatable bonds is 3. The minimum Gasteiger partial charge on any atom is -0.201 e. The van der Waals surface area contributed by atoms with Gasteiger partial charge in [0.2, 0.25) is 5.69 Å². The second kappa shape index (κ2) is 6.24. The number of pyridine rings is 1. The number of aryl methyl sites for hydroxylation is 2. The Bertz CT molecular complexity index is 664. The number of benzene rings is 1. The van der Waals surface area contributed by atoms with Gasteiger partial charge in [0.1, 0.15) is 7.05 Å². The second-order valence-corrected chi connectivity index (χ2v) is 7.17. The first-order valence-electron chi connectivity index (χ1n) is 8.66. The van der Waals surface area contributed by atoms with Crippen molar-refractivity contribution in [1.82, 2.24) is 0 Å². The summed E-state index contributed by atoms with van der Waals surface area (Å²) in [6, 6.07) is 11.6. The molecule has 0 unspecified atom stereocenters. The number of hydrogen-bond donors (Lipinski definition) is 0. The number of hydrogen-bond acceptors (Lipinski definition) is 0. The molecular formula is C21H28N+. The first kappa shape index (κ1) is 15.3. The molecule has 1 heterocycles. The lowest BCUT2D eigenvalue weighted by Crippen LogP contribution is -2.31. The average molecular weight is 294 g/mol. The molecule has 1 aromatic carbocycles. The molecule has 0 aliphatic heterocycles. The van der Waals surface area contributed by atoms with E-state index in [4.69, 9.17) is 0 Å². The molecule has 0 amide bonds. The highest BCUT2D eigenvalue weighted by Crippen LogP contribution is 2.35. The summed E-state index contributed by atoms with van der Waals surface area (Å²) in [5.74, 6) is 1.37. The van der Waals surface area contributed by atoms with Crippen LogP contribution in [0.3, 0.4) is 0 Å². The van der Waals surface area contributed by atoms with E-state index in [-0.39, 0.29) is 0 Å². The first-order chi connectivity index (χ1) is 10.6. The molecule has 1 heteroatoms. The minimum atomic E-state index is 0.575. The normalized spacial score (nSPS) is 15.7. The molecule has 0 saturated heterocycles. The van der Waals surface area contributed by atoms with Crippen LogP contribution in [-0.2, 0) is 7.05 Å². The largest absolute Gasteiger partial charge is 0.212 e. The number of nitrogens with zero attached hydrogens (tertiary/aromatic N) is 1. The Morgan fingerprint density at radius 2 is 1.77 bits per heavy atom. The van der Waals surface area contributed by atoms with Gasteiger partial charge in [-0.05, 0) is 54.9 Å². The third kappa shape index (κ3) is 2.95. The highest BCUT2D eigenvalue weighted by Gasteiger charge is 2.19. The second-order valence-electron chi connectivity index (χ2n) is 7.17. The zero-order chi connectivity index (χ0) is 15.7. The van der Waals surface area contributed by atoms with Crippen LogP contribution in [0.25, 0.3) is 11.3 Å². The van der Waals surface area contributed by atoms with E-state index in [0.29, 0.717) is 5.92 Å². The van der Waals surface area contributed by atoms with Crippen molar-refractivity contribution in [2.24, 2.45) is 7.05 Å². The summed E-state index contributed by atoms with van der Waals surface area (Å²) < 4.78 is 2.27. The van der Waals surface area contributed by atoms with Crippen LogP contribution in [0.4, 0.5) is 0 Å². The minimum absolute atomic E-state index is 0.575. The zero-order valence-electron chi connectivity index (χ0n) is 14.4. The molecule has 1 nitrogen and oxygen atoms in total. The third-order valence-corrected chi connectivity index (χ3v) is 5.18. The summed E-state index contributed by atoms with van der Waals surface area (Å²) in [7, 11) is 2.16. The van der Waals surface area contributed by atoms with Crippen LogP contribution in [0.1, 0.15) is 68.1 Å². The topological polar surface area (TPSA) is 3.88 Å². The van der Waals surface area contributed by atoms with Crippen LogP contribution < -0.4 is 4.57 Å². The van der Waals surface area contributed by atoms with Crippen molar-refractivity contribution >= 4 is 0 Å². The predicted octanol–water partition coefficient (Wildman–Crippen LogP) is 5.27. The van der Waals surface area contributed by atoms with Gasteiger partial charge < -0.3 is 0 Å². The monoisotopic (exact) mass is 294 g/mol. The van der Waals surface area contributed by atoms with Crippen molar-refractivity contribution in [2.45, 2.75) is 58.3 Å². The van der Waals surface area contributed by atoms with Crippen molar-refractivity contribution in [3.05, 3.63) is 53.2 Å². The smallest absolute Gasteiger partial charge is 0.201 e. The summed E-state index contributed by atoms with van der Waals surface area (Å²) >= 11 is 0. The van der Waals surface area contributed by atoms with Crippen LogP contribution in [0, 0.1) is 6.92 Å². The predicted molar refractivity (Wildman–Crippen MR) is 93.1 cm³/mol. The fourth-order valence-corrected chi connectivity index (χ4v) is 3.74. The first-order valence-corrected chi connectivity index (χ1v) is 8.66. The molecule has 1 fully saturated rings. The van der Waals surface area contributed by atoms with E-state index in [1.54, 1.807) is 5.56 Å². The molecule has 0 atom stereocenters. The average Bonchev–Trinajstić information content (AvgIpc) is 3.01. The van der Waals surface area contributed by atoms with Gasteiger partial charge in [0.05, 0.1) is 0 Å². The molecule has 1 aliphatic carbocycles. The number of aromatic nitrogens is 1. The molecular weight excluding hydrogens is 266 g/mol. The molecule has 0 N–H and O–H groups in total. The van der Waals surface area contributed by atoms with Crippen molar-refractivity contribution in [1.29, 1.82) is 0 Å². The molecule has 3 rings (SSSR count). The molecule has 0 radical (unpaired) electrons. The molecule has 1 aliphatic rings. The Morgan fingerprint density at radius 3 is 2.36 bits per heavy atom. The summed E-state index contributed by atoms with van der Waals surface area (Å²) in [5, 5.41) is 0. The van der Waals surface area contributed by atoms with Gasteiger partial charge in [-0.1, -0.05) is 38.8 Å². The maximum atomic E-state index is 2.42. The van der Waals surface area contributed by atoms with Crippen molar-refractivity contribution in [3.8, 4) is 11.3 Å². The van der Waals surface area contributed by atoms with E-state index in [2.05, 4.69) is 68.9 Å². The van der Waals surface area contributed by atoms with Gasteiger partial charge in [-0.25, -0.2) is 4.57 Å². The van der Waals surface area contributed by atoms with E-state index >= 15 is 0 Å². The summed E-state index contributed by atoms with van der Waals surface area (Å²) in [6.45, 7) is 6.75. The van der Waals surface area contributed by atoms with Crippen LogP contribution in [0.5, 0.6) is 0 Å². The van der Waals surface area contributed by atoms with Gasteiger partial charge in [0, 0.05) is 17.2 Å². The zero-order valence-corrected chi connectivity index (χ0v) is 14.4. The van der Waals surface area contributed by atoms with E-state index < -0.39 is 0 Å². The maximum Gasteiger partial charge on any atom is 0.212 e. The van der Waals surface area contributed by atoms with Crippen LogP contribution in [0.2, 0.25) is 0 Å². The van der Waals surface area contributed by atoms with Crippen LogP contribution >= 0.6 is 0 Å². The van der Waals surface area contributed by atoms with Crippen molar-refractivity contribution in [3.63, 3.8) is 0 Å². The maximum absolute atomic E-state index is 2.42. The van der Waals surface area contributed by atoms with Gasteiger partial charge in [-0.15, -0.1) is 0 Å². The van der Waals surface area contributed by atoms with E-state index in [1.807, 2.05) is 0 Å². The molecule has 0 spiro atoms. The third-order valence-electron chi connectivity index (χ3n) is 5.18. The summed E-state index contributed by atoms with van der Waals surface area (Å²) in [4.78, 5) is 0. The van der Waals surface area contributed by atoms with E-state index in [0.717, 1.165) is 5.92 Å². The lowest BCUT2D eigenvalue weighted by atomic mass is 9.93. The Hall–Kier alpha value is -1.63. The Balaban J connectivity index is 1.94. The molecule has 1 saturated carbocycles. The summed E-state index contributed by atoms with van der Waals surface area (Å²) in [6.07, 6.45) is 7.81. The van der Waals surface area contributed by atoms with Gasteiger partial charge in [0.15, 0.2) is 6.20 Å². The van der Waals surface area contributed by atoms with Gasteiger partial charge in [0.25, 0.3) is 0 Å². The molecule has 1 aromatic heterocycles. The lowest BCUT2D eigenvalue weighted by Gasteiger charge is -2.13. The van der Waals surface area contributed by atoms with E-state index in [1.165, 1.54) is 48.1 Å². The Labute approximate surface area is 135 Å². The van der Waals surface area contributed by atoms with Crippen molar-refractivity contribution < 1.29 is 4.57 Å². The molecule has 2 aromatic rings. The Kier molecular flexibility index (Phi) is 4.33. The van der Waals surface area contributed by atoms with Crippen LogP contribution in [0.15, 0.2) is 36.5 Å². The lowest BCUT2D eigenvalue weighted by molar-refractivity contribution is -0.660. The fraction of sp³-hybridized carbons (Fsp3) is 0.476. The highest BCUT2D eigenvalue weighted by atomic mass is 14.9. The van der Waals surface area contributed by atoms with Gasteiger partial charge in [-0.3, -0.25) is 0 Å². The van der Waals surface area contributed by atoms with Gasteiger partial charge in [-0.2, -0.15) is 0 Å². The SMILES string of the molecule is Cc1cc(C2CCCC2)ccc1-c1ccc(C(C)C)c[n+]1C. The Morgan fingerprint density at radius 1 is 1.05 bits per heavy atom. The molecule has 116 valence electrons. The molecule has 22 heavy (non-hydrogen) atoms. The van der Waals surface area contributed by atoms with Gasteiger partial charge >= 0.3 is 0 Å². The standard InChI is InChI=1S/C21H28N/c1-15(2)19-10-12-21(22(4)14-19)20-11-9-18(13-16(20)3)17-7-5-6-8-17/h9-15,17H,5-8H2,1-4H3/q+1. The fourth-order valence-electron chi connectivity index (χ4n) is 3.74. The molecule has 0 bridgehead atoms. The highest BCUT2D eigenvalue weighted by molar-refractivity contribution is 5.62. The van der Waals surface area contributed by atoms with E-state index in [9.17, 15) is 0 Å².